The lowest BCUT2D eigenvalue weighted by Crippen LogP contribution is -2.42. The summed E-state index contributed by atoms with van der Waals surface area (Å²) >= 11 is 0. The molecule has 1 saturated heterocycles. The Bertz CT molecular complexity index is 1480. The molecule has 2 aromatic heterocycles. The number of nitrogens with two attached hydrogens (primary N) is 1. The third kappa shape index (κ3) is 6.07. The summed E-state index contributed by atoms with van der Waals surface area (Å²) in [6, 6.07) is 1.17. The zero-order chi connectivity index (χ0) is 28.2. The van der Waals surface area contributed by atoms with Crippen molar-refractivity contribution >= 4 is 40.4 Å². The van der Waals surface area contributed by atoms with Crippen molar-refractivity contribution in [1.29, 1.82) is 0 Å². The summed E-state index contributed by atoms with van der Waals surface area (Å²) in [5.41, 5.74) is 1.34. The Morgan fingerprint density at radius 2 is 2.00 bits per heavy atom. The van der Waals surface area contributed by atoms with Crippen LogP contribution in [0.15, 0.2) is 17.1 Å². The molecule has 8 N–H and O–H groups in total. The molecule has 3 heterocycles. The molecule has 1 aliphatic heterocycles. The van der Waals surface area contributed by atoms with Gasteiger partial charge in [-0.25, -0.2) is 18.1 Å². The molecule has 0 aromatic carbocycles. The van der Waals surface area contributed by atoms with Crippen molar-refractivity contribution in [2.24, 2.45) is 0 Å². The highest BCUT2D eigenvalue weighted by molar-refractivity contribution is 7.66. The second kappa shape index (κ2) is 9.49. The molecular weight excluding hydrogens is 544 g/mol. The van der Waals surface area contributed by atoms with Gasteiger partial charge in [0.15, 0.2) is 11.9 Å². The fourth-order valence-corrected chi connectivity index (χ4v) is 5.91. The molecule has 3 rings (SSSR count). The molecule has 1 aliphatic rings. The molecule has 3 unspecified atom stereocenters. The average Bonchev–Trinajstić information content (AvgIpc) is 3.18. The topological polar surface area (TPSA) is 266 Å². The third-order valence-corrected chi connectivity index (χ3v) is 7.88. The van der Waals surface area contributed by atoms with E-state index < -0.39 is 59.7 Å². The predicted molar refractivity (Wildman–Crippen MR) is 112 cm³/mol. The lowest BCUT2D eigenvalue weighted by Gasteiger charge is -2.24. The number of nitrogens with zero attached hydrogens (tertiary/aromatic N) is 2. The Hall–Kier alpha value is -1.96. The highest BCUT2D eigenvalue weighted by Gasteiger charge is 2.58. The second-order valence-corrected chi connectivity index (χ2v) is 11.1. The first-order valence-electron chi connectivity index (χ1n) is 9.88. The molecule has 1 fully saturated rings. The lowest BCUT2D eigenvalue weighted by molar-refractivity contribution is -0.0493. The number of nitrogens with one attached hydrogen (secondary N) is 1. The van der Waals surface area contributed by atoms with Crippen LogP contribution in [0.1, 0.15) is 15.9 Å². The highest BCUT2D eigenvalue weighted by Crippen LogP contribution is 2.66. The van der Waals surface area contributed by atoms with Gasteiger partial charge in [0.1, 0.15) is 12.2 Å². The minimum atomic E-state index is -6.08. The first-order chi connectivity index (χ1) is 16.7. The molecular formula is C14H18FN4O13P3. The molecule has 35 heavy (non-hydrogen) atoms. The Morgan fingerprint density at radius 3 is 2.60 bits per heavy atom. The number of alkyl halides is 1. The molecule has 2 aromatic rings. The lowest BCUT2D eigenvalue weighted by atomic mass is 9.96. The summed E-state index contributed by atoms with van der Waals surface area (Å²) in [4.78, 5) is 54.2. The number of aromatic nitrogens is 3. The number of ether oxygens (including phenoxy) is 1. The van der Waals surface area contributed by atoms with Crippen LogP contribution >= 0.6 is 23.5 Å². The van der Waals surface area contributed by atoms with E-state index in [2.05, 4.69) is 29.0 Å². The second-order valence-electron chi connectivity index (χ2n) is 6.71. The van der Waals surface area contributed by atoms with Gasteiger partial charge in [-0.05, 0) is 13.0 Å². The van der Waals surface area contributed by atoms with Crippen LogP contribution in [-0.2, 0) is 31.6 Å². The minimum Gasteiger partial charge on any atom is -0.386 e. The Morgan fingerprint density at radius 1 is 1.34 bits per heavy atom. The number of nitrogen functional groups attached to an aromatic ring is 1. The summed E-state index contributed by atoms with van der Waals surface area (Å²) in [5.74, 6) is 3.78. The number of fused-ring (bicyclic) bond motifs is 1. The fourth-order valence-electron chi connectivity index (χ4n) is 3.03. The molecule has 6 atom stereocenters. The molecule has 0 saturated carbocycles. The summed E-state index contributed by atoms with van der Waals surface area (Å²) in [6.07, 6.45) is -6.07. The van der Waals surface area contributed by atoms with E-state index in [1.165, 1.54) is 6.07 Å². The van der Waals surface area contributed by atoms with E-state index in [1.54, 1.807) is 0 Å². The van der Waals surface area contributed by atoms with E-state index in [9.17, 15) is 33.4 Å². The van der Waals surface area contributed by atoms with Crippen molar-refractivity contribution in [2.45, 2.75) is 31.0 Å². The van der Waals surface area contributed by atoms with E-state index in [4.69, 9.17) is 23.0 Å². The van der Waals surface area contributed by atoms with E-state index in [-0.39, 0.29) is 17.0 Å². The van der Waals surface area contributed by atoms with E-state index in [0.717, 1.165) is 17.7 Å². The van der Waals surface area contributed by atoms with Crippen LogP contribution < -0.4 is 11.3 Å². The number of anilines is 1. The number of phosphoric ester groups is 1. The summed E-state index contributed by atoms with van der Waals surface area (Å²) in [5, 5.41) is 10.5. The van der Waals surface area contributed by atoms with Crippen LogP contribution in [0.25, 0.3) is 11.0 Å². The van der Waals surface area contributed by atoms with Crippen LogP contribution in [0, 0.1) is 11.8 Å². The van der Waals surface area contributed by atoms with Gasteiger partial charge in [-0.3, -0.25) is 14.3 Å². The normalized spacial score (nSPS) is 29.5. The van der Waals surface area contributed by atoms with Crippen molar-refractivity contribution in [3.8, 4) is 11.8 Å². The van der Waals surface area contributed by atoms with Gasteiger partial charge in [-0.15, -0.1) is 5.92 Å². The zero-order valence-corrected chi connectivity index (χ0v) is 19.8. The predicted octanol–water partition coefficient (Wildman–Crippen LogP) is -0.360. The summed E-state index contributed by atoms with van der Waals surface area (Å²) in [7, 11) is -17.8. The Balaban J connectivity index is 1.99. The smallest absolute Gasteiger partial charge is 0.386 e. The number of hydrogen-bond acceptors (Lipinski definition) is 11. The number of halogens is 1. The SMILES string of the molecule is [2H]C([2H])(OP(=O)(O)OP(=O)(O)OP(=O)(O)O)[C@H]1O[C@@H](n2ccc3c(=O)[nH]c(N)nc32)C(F)(C#CC)[C@H]1O. The Labute approximate surface area is 196 Å². The van der Waals surface area contributed by atoms with Crippen molar-refractivity contribution in [3.05, 3.63) is 22.6 Å². The fraction of sp³-hybridized carbons (Fsp3) is 0.429. The number of aromatic amines is 1. The molecule has 0 spiro atoms. The monoisotopic (exact) mass is 564 g/mol. The number of H-pyrrole nitrogens is 1. The summed E-state index contributed by atoms with van der Waals surface area (Å²) in [6.45, 7) is -2.55. The van der Waals surface area contributed by atoms with E-state index >= 15 is 4.39 Å². The first kappa shape index (κ1) is 24.7. The summed E-state index contributed by atoms with van der Waals surface area (Å²) < 4.78 is 83.5. The van der Waals surface area contributed by atoms with Crippen molar-refractivity contribution in [3.63, 3.8) is 0 Å². The van der Waals surface area contributed by atoms with Gasteiger partial charge in [-0.2, -0.15) is 13.6 Å². The maximum Gasteiger partial charge on any atom is 0.490 e. The highest BCUT2D eigenvalue weighted by atomic mass is 31.3. The Kier molecular flexibility index (Phi) is 6.70. The van der Waals surface area contributed by atoms with E-state index in [1.807, 2.05) is 5.92 Å². The molecule has 21 heteroatoms. The van der Waals surface area contributed by atoms with Gasteiger partial charge in [0.25, 0.3) is 5.56 Å². The third-order valence-electron chi connectivity index (χ3n) is 4.22. The van der Waals surface area contributed by atoms with Gasteiger partial charge < -0.3 is 39.7 Å². The number of aliphatic hydroxyl groups excluding tert-OH is 1. The van der Waals surface area contributed by atoms with Gasteiger partial charge in [0.05, 0.1) is 14.7 Å². The van der Waals surface area contributed by atoms with Crippen molar-refractivity contribution in [1.82, 2.24) is 14.5 Å². The number of hydrogen-bond donors (Lipinski definition) is 7. The van der Waals surface area contributed by atoms with Crippen molar-refractivity contribution in [2.75, 3.05) is 12.3 Å². The maximum absolute atomic E-state index is 16.0. The minimum absolute atomic E-state index is 0.112. The van der Waals surface area contributed by atoms with Crippen LogP contribution in [0.5, 0.6) is 0 Å². The zero-order valence-electron chi connectivity index (χ0n) is 19.1. The number of rotatable bonds is 8. The molecule has 0 aliphatic carbocycles. The van der Waals surface area contributed by atoms with E-state index in [0.29, 0.717) is 0 Å². The molecule has 0 bridgehead atoms. The molecule has 0 radical (unpaired) electrons. The van der Waals surface area contributed by atoms with Crippen LogP contribution in [0.4, 0.5) is 10.3 Å². The average molecular weight is 564 g/mol. The first-order valence-corrected chi connectivity index (χ1v) is 13.4. The largest absolute Gasteiger partial charge is 0.490 e. The van der Waals surface area contributed by atoms with Crippen LogP contribution in [0.3, 0.4) is 0 Å². The number of phosphoric acid groups is 3. The quantitative estimate of drug-likeness (QED) is 0.159. The molecule has 17 nitrogen and oxygen atoms in total. The van der Waals surface area contributed by atoms with Gasteiger partial charge in [-0.1, -0.05) is 5.92 Å². The standard InChI is InChI=1S/C14H18FN4O13P3/c1-2-4-14(15)9(20)8(6-29-34(25,26)32-35(27,28)31-33(22,23)24)30-12(14)19-5-3-7-10(19)17-13(16)18-11(7)21/h3,5,8-9,12,20H,6H2,1H3,(H,25,26)(H,27,28)(H2,22,23,24)(H3,16,17,18,21)/t8-,9+,12-,14?/m1/s1/i6D2. The molecule has 194 valence electrons. The van der Waals surface area contributed by atoms with Gasteiger partial charge in [0.2, 0.25) is 11.6 Å². The molecule has 0 amide bonds. The van der Waals surface area contributed by atoms with Gasteiger partial charge >= 0.3 is 23.5 Å². The maximum atomic E-state index is 16.0. The van der Waals surface area contributed by atoms with Crippen LogP contribution in [0.2, 0.25) is 0 Å². The number of aliphatic hydroxyl groups is 1. The van der Waals surface area contributed by atoms with Crippen molar-refractivity contribution < 1.29 is 63.4 Å². The van der Waals surface area contributed by atoms with Crippen LogP contribution in [-0.4, -0.2) is 63.7 Å². The van der Waals surface area contributed by atoms with Gasteiger partial charge in [0, 0.05) is 6.20 Å².